The summed E-state index contributed by atoms with van der Waals surface area (Å²) in [5.74, 6) is 0.451. The van der Waals surface area contributed by atoms with Crippen molar-refractivity contribution in [2.75, 3.05) is 37.6 Å². The molecule has 1 unspecified atom stereocenters. The Balaban J connectivity index is 1.92. The van der Waals surface area contributed by atoms with Gasteiger partial charge in [0.1, 0.15) is 18.3 Å². The maximum absolute atomic E-state index is 13.5. The van der Waals surface area contributed by atoms with Gasteiger partial charge in [-0.05, 0) is 43.7 Å². The predicted octanol–water partition coefficient (Wildman–Crippen LogP) is 1.74. The van der Waals surface area contributed by atoms with Crippen LogP contribution in [0.4, 0.5) is 5.69 Å². The van der Waals surface area contributed by atoms with Gasteiger partial charge in [-0.25, -0.2) is 8.42 Å². The third-order valence-electron chi connectivity index (χ3n) is 5.55. The second kappa shape index (κ2) is 10.6. The number of fused-ring (bicyclic) bond motifs is 1. The molecule has 11 heteroatoms. The monoisotopic (exact) mass is 491 g/mol. The average molecular weight is 492 g/mol. The van der Waals surface area contributed by atoms with Crippen LogP contribution in [0, 0.1) is 0 Å². The number of hydrogen-bond acceptors (Lipinski definition) is 7. The van der Waals surface area contributed by atoms with Gasteiger partial charge in [0.2, 0.25) is 28.6 Å². The third kappa shape index (κ3) is 5.53. The highest BCUT2D eigenvalue weighted by atomic mass is 32.2. The third-order valence-corrected chi connectivity index (χ3v) is 7.29. The normalized spacial score (nSPS) is 13.2. The summed E-state index contributed by atoms with van der Waals surface area (Å²) in [5, 5.41) is 2.54. The molecule has 10 nitrogen and oxygen atoms in total. The first kappa shape index (κ1) is 25.2. The van der Waals surface area contributed by atoms with E-state index in [4.69, 9.17) is 14.2 Å². The van der Waals surface area contributed by atoms with Gasteiger partial charge in [-0.1, -0.05) is 12.1 Å². The molecule has 1 heterocycles. The number of likely N-dealkylation sites (N-methyl/N-ethyl adjacent to an activating group) is 1. The lowest BCUT2D eigenvalue weighted by atomic mass is 10.1. The van der Waals surface area contributed by atoms with E-state index in [-0.39, 0.29) is 30.7 Å². The number of nitrogens with one attached hydrogen (secondary N) is 1. The van der Waals surface area contributed by atoms with Crippen LogP contribution in [-0.2, 0) is 26.2 Å². The van der Waals surface area contributed by atoms with Crippen molar-refractivity contribution in [1.82, 2.24) is 10.2 Å². The topological polar surface area (TPSA) is 114 Å². The minimum atomic E-state index is -3.82. The second-order valence-electron chi connectivity index (χ2n) is 7.60. The number of anilines is 1. The van der Waals surface area contributed by atoms with Crippen molar-refractivity contribution in [1.29, 1.82) is 0 Å². The van der Waals surface area contributed by atoms with Crippen molar-refractivity contribution in [3.8, 4) is 17.2 Å². The van der Waals surface area contributed by atoms with Crippen molar-refractivity contribution in [3.05, 3.63) is 48.0 Å². The molecule has 0 aromatic heterocycles. The lowest BCUT2D eigenvalue weighted by Gasteiger charge is -2.31. The van der Waals surface area contributed by atoms with E-state index in [1.807, 2.05) is 0 Å². The maximum atomic E-state index is 13.5. The molecule has 0 saturated heterocycles. The van der Waals surface area contributed by atoms with E-state index in [1.165, 1.54) is 24.9 Å². The first-order chi connectivity index (χ1) is 16.2. The van der Waals surface area contributed by atoms with Crippen LogP contribution in [0.1, 0.15) is 19.4 Å². The van der Waals surface area contributed by atoms with Gasteiger partial charge in [0.25, 0.3) is 0 Å². The van der Waals surface area contributed by atoms with Crippen molar-refractivity contribution >= 4 is 27.5 Å². The van der Waals surface area contributed by atoms with E-state index < -0.39 is 28.5 Å². The van der Waals surface area contributed by atoms with Gasteiger partial charge in [0, 0.05) is 19.7 Å². The maximum Gasteiger partial charge on any atom is 0.244 e. The van der Waals surface area contributed by atoms with Crippen LogP contribution in [0.5, 0.6) is 17.2 Å². The Kier molecular flexibility index (Phi) is 7.87. The fraction of sp³-hybridized carbons (Fsp3) is 0.391. The Morgan fingerprint density at radius 1 is 1.12 bits per heavy atom. The molecule has 1 aliphatic rings. The van der Waals surface area contributed by atoms with Crippen LogP contribution >= 0.6 is 0 Å². The Morgan fingerprint density at radius 3 is 2.41 bits per heavy atom. The fourth-order valence-electron chi connectivity index (χ4n) is 3.48. The van der Waals surface area contributed by atoms with Gasteiger partial charge in [-0.3, -0.25) is 13.9 Å². The summed E-state index contributed by atoms with van der Waals surface area (Å²) < 4.78 is 42.7. The molecular formula is C23H29N3O7S. The quantitative estimate of drug-likeness (QED) is 0.538. The summed E-state index contributed by atoms with van der Waals surface area (Å²) in [6.07, 6.45) is 0. The van der Waals surface area contributed by atoms with Gasteiger partial charge < -0.3 is 24.4 Å². The SMILES string of the molecule is CCS(=O)(=O)N(CC(=O)N(Cc1ccc(OC)cc1)C(C)C(=O)NC)c1ccc2c(c1)OCO2. The molecular weight excluding hydrogens is 462 g/mol. The molecule has 0 aliphatic carbocycles. The lowest BCUT2D eigenvalue weighted by molar-refractivity contribution is -0.139. The van der Waals surface area contributed by atoms with Crippen molar-refractivity contribution in [3.63, 3.8) is 0 Å². The standard InChI is InChI=1S/C23H29N3O7S/c1-5-34(29,30)26(18-8-11-20-21(12-18)33-15-32-20)14-22(27)25(16(2)23(28)24-3)13-17-6-9-19(31-4)10-7-17/h6-12,16H,5,13-15H2,1-4H3,(H,24,28). The van der Waals surface area contributed by atoms with E-state index in [0.717, 1.165) is 9.87 Å². The highest BCUT2D eigenvalue weighted by Crippen LogP contribution is 2.36. The molecule has 2 aromatic carbocycles. The molecule has 0 bridgehead atoms. The zero-order chi connectivity index (χ0) is 24.9. The minimum absolute atomic E-state index is 0.0392. The van der Waals surface area contributed by atoms with Crippen LogP contribution in [-0.4, -0.2) is 64.4 Å². The molecule has 0 fully saturated rings. The number of carbonyl (C=O) groups excluding carboxylic acids is 2. The number of hydrogen-bond donors (Lipinski definition) is 1. The number of ether oxygens (including phenoxy) is 3. The number of nitrogens with zero attached hydrogens (tertiary/aromatic N) is 2. The Labute approximate surface area is 199 Å². The van der Waals surface area contributed by atoms with E-state index in [2.05, 4.69) is 5.32 Å². The number of sulfonamides is 1. The highest BCUT2D eigenvalue weighted by Gasteiger charge is 2.31. The summed E-state index contributed by atoms with van der Waals surface area (Å²) in [6.45, 7) is 2.77. The van der Waals surface area contributed by atoms with E-state index in [1.54, 1.807) is 50.4 Å². The Morgan fingerprint density at radius 2 is 1.79 bits per heavy atom. The number of carbonyl (C=O) groups is 2. The number of benzene rings is 2. The average Bonchev–Trinajstić information content (AvgIpc) is 3.33. The van der Waals surface area contributed by atoms with Crippen LogP contribution in [0.3, 0.4) is 0 Å². The molecule has 0 radical (unpaired) electrons. The fourth-order valence-corrected chi connectivity index (χ4v) is 4.53. The Bertz CT molecular complexity index is 1140. The Hall–Kier alpha value is -3.47. The number of methoxy groups -OCH3 is 1. The van der Waals surface area contributed by atoms with E-state index >= 15 is 0 Å². The summed E-state index contributed by atoms with van der Waals surface area (Å²) >= 11 is 0. The van der Waals surface area contributed by atoms with Crippen molar-refractivity contribution in [2.24, 2.45) is 0 Å². The smallest absolute Gasteiger partial charge is 0.244 e. The molecule has 3 rings (SSSR count). The molecule has 1 N–H and O–H groups in total. The molecule has 2 amide bonds. The van der Waals surface area contributed by atoms with Crippen molar-refractivity contribution in [2.45, 2.75) is 26.4 Å². The first-order valence-corrected chi connectivity index (χ1v) is 12.3. The molecule has 2 aromatic rings. The summed E-state index contributed by atoms with van der Waals surface area (Å²) in [5.41, 5.74) is 1.04. The zero-order valence-corrected chi connectivity index (χ0v) is 20.4. The number of rotatable bonds is 10. The molecule has 34 heavy (non-hydrogen) atoms. The summed E-state index contributed by atoms with van der Waals surface area (Å²) in [4.78, 5) is 27.2. The summed E-state index contributed by atoms with van der Waals surface area (Å²) in [6, 6.07) is 10.9. The molecule has 0 spiro atoms. The predicted molar refractivity (Wildman–Crippen MR) is 126 cm³/mol. The molecule has 1 aliphatic heterocycles. The largest absolute Gasteiger partial charge is 0.497 e. The molecule has 1 atom stereocenters. The van der Waals surface area contributed by atoms with Gasteiger partial charge in [-0.15, -0.1) is 0 Å². The van der Waals surface area contributed by atoms with E-state index in [0.29, 0.717) is 17.2 Å². The molecule has 0 saturated carbocycles. The number of amides is 2. The van der Waals surface area contributed by atoms with Crippen LogP contribution in [0.25, 0.3) is 0 Å². The van der Waals surface area contributed by atoms with Gasteiger partial charge >= 0.3 is 0 Å². The van der Waals surface area contributed by atoms with Crippen LogP contribution in [0.2, 0.25) is 0 Å². The zero-order valence-electron chi connectivity index (χ0n) is 19.6. The lowest BCUT2D eigenvalue weighted by Crippen LogP contribution is -2.50. The van der Waals surface area contributed by atoms with Crippen LogP contribution in [0.15, 0.2) is 42.5 Å². The van der Waals surface area contributed by atoms with E-state index in [9.17, 15) is 18.0 Å². The van der Waals surface area contributed by atoms with Gasteiger partial charge in [0.15, 0.2) is 11.5 Å². The second-order valence-corrected chi connectivity index (χ2v) is 9.79. The molecule has 184 valence electrons. The van der Waals surface area contributed by atoms with Crippen molar-refractivity contribution < 1.29 is 32.2 Å². The summed E-state index contributed by atoms with van der Waals surface area (Å²) in [7, 11) is -0.786. The highest BCUT2D eigenvalue weighted by molar-refractivity contribution is 7.92. The van der Waals surface area contributed by atoms with Gasteiger partial charge in [-0.2, -0.15) is 0 Å². The van der Waals surface area contributed by atoms with Crippen LogP contribution < -0.4 is 23.8 Å². The minimum Gasteiger partial charge on any atom is -0.497 e. The van der Waals surface area contributed by atoms with Gasteiger partial charge in [0.05, 0.1) is 18.6 Å². The first-order valence-electron chi connectivity index (χ1n) is 10.7.